The van der Waals surface area contributed by atoms with Gasteiger partial charge in [-0.05, 0) is 65.4 Å². The van der Waals surface area contributed by atoms with Gasteiger partial charge in [0.2, 0.25) is 0 Å². The van der Waals surface area contributed by atoms with Crippen LogP contribution in [0, 0.1) is 6.92 Å². The second kappa shape index (κ2) is 8.36. The van der Waals surface area contributed by atoms with Crippen molar-refractivity contribution in [1.29, 1.82) is 0 Å². The molecule has 1 atom stereocenters. The van der Waals surface area contributed by atoms with Gasteiger partial charge >= 0.3 is 0 Å². The Balaban J connectivity index is 1.41. The third kappa shape index (κ3) is 4.57. The molecular weight excluding hydrogens is 356 g/mol. The van der Waals surface area contributed by atoms with Gasteiger partial charge in [0, 0.05) is 36.3 Å². The molecule has 0 N–H and O–H groups in total. The van der Waals surface area contributed by atoms with Gasteiger partial charge in [-0.2, -0.15) is 0 Å². The summed E-state index contributed by atoms with van der Waals surface area (Å²) >= 11 is 0. The summed E-state index contributed by atoms with van der Waals surface area (Å²) in [7, 11) is 0. The fourth-order valence-electron chi connectivity index (χ4n) is 3.70. The van der Waals surface area contributed by atoms with Crippen LogP contribution in [-0.4, -0.2) is 15.8 Å². The van der Waals surface area contributed by atoms with Gasteiger partial charge in [-0.25, -0.2) is 0 Å². The summed E-state index contributed by atoms with van der Waals surface area (Å²) in [4.78, 5) is 21.2. The van der Waals surface area contributed by atoms with Gasteiger partial charge < -0.3 is 0 Å². The SMILES string of the molecule is Cc1cc(-c2ccc(CC(=O)CC(C)c3ccc4ncccc4c3)cc2)ccn1. The molecule has 0 radical (unpaired) electrons. The molecule has 144 valence electrons. The number of nitrogens with zero attached hydrogens (tertiary/aromatic N) is 2. The van der Waals surface area contributed by atoms with Crippen molar-refractivity contribution in [3.8, 4) is 11.1 Å². The highest BCUT2D eigenvalue weighted by Crippen LogP contribution is 2.24. The summed E-state index contributed by atoms with van der Waals surface area (Å²) in [5, 5.41) is 1.12. The van der Waals surface area contributed by atoms with E-state index in [9.17, 15) is 4.79 Å². The number of Topliss-reactive ketones (excluding diaryl/α,β-unsaturated/α-hetero) is 1. The number of carbonyl (C=O) groups excluding carboxylic acids is 1. The Morgan fingerprint density at radius 3 is 2.52 bits per heavy atom. The fourth-order valence-corrected chi connectivity index (χ4v) is 3.70. The molecule has 0 bridgehead atoms. The molecule has 0 fully saturated rings. The lowest BCUT2D eigenvalue weighted by Crippen LogP contribution is -2.07. The first-order valence-corrected chi connectivity index (χ1v) is 9.97. The molecule has 29 heavy (non-hydrogen) atoms. The minimum atomic E-state index is 0.186. The Bertz CT molecular complexity index is 1150. The highest BCUT2D eigenvalue weighted by atomic mass is 16.1. The molecule has 4 aromatic rings. The van der Waals surface area contributed by atoms with Crippen LogP contribution in [0.4, 0.5) is 0 Å². The van der Waals surface area contributed by atoms with Crippen LogP contribution in [0.3, 0.4) is 0 Å². The van der Waals surface area contributed by atoms with Gasteiger partial charge in [0.1, 0.15) is 5.78 Å². The number of benzene rings is 2. The van der Waals surface area contributed by atoms with Gasteiger partial charge in [-0.3, -0.25) is 14.8 Å². The van der Waals surface area contributed by atoms with E-state index in [-0.39, 0.29) is 11.7 Å². The van der Waals surface area contributed by atoms with Crippen LogP contribution in [0.15, 0.2) is 79.1 Å². The zero-order valence-electron chi connectivity index (χ0n) is 16.8. The van der Waals surface area contributed by atoms with E-state index in [1.165, 1.54) is 5.56 Å². The first-order chi connectivity index (χ1) is 14.1. The average Bonchev–Trinajstić information content (AvgIpc) is 2.74. The molecule has 3 heteroatoms. The Labute approximate surface area is 171 Å². The van der Waals surface area contributed by atoms with Crippen molar-refractivity contribution in [2.45, 2.75) is 32.6 Å². The highest BCUT2D eigenvalue weighted by molar-refractivity contribution is 5.83. The Morgan fingerprint density at radius 2 is 1.72 bits per heavy atom. The number of fused-ring (bicyclic) bond motifs is 1. The molecule has 0 saturated carbocycles. The molecule has 4 rings (SSSR count). The predicted octanol–water partition coefficient (Wildman–Crippen LogP) is 5.91. The lowest BCUT2D eigenvalue weighted by Gasteiger charge is -2.12. The molecule has 0 aliphatic heterocycles. The summed E-state index contributed by atoms with van der Waals surface area (Å²) in [5.74, 6) is 0.447. The van der Waals surface area contributed by atoms with Crippen molar-refractivity contribution >= 4 is 16.7 Å². The Hall–Kier alpha value is -3.33. The minimum Gasteiger partial charge on any atom is -0.299 e. The lowest BCUT2D eigenvalue weighted by molar-refractivity contribution is -0.118. The van der Waals surface area contributed by atoms with E-state index in [4.69, 9.17) is 0 Å². The summed E-state index contributed by atoms with van der Waals surface area (Å²) in [6.07, 6.45) is 4.63. The van der Waals surface area contributed by atoms with E-state index in [0.29, 0.717) is 12.8 Å². The topological polar surface area (TPSA) is 42.9 Å². The maximum atomic E-state index is 12.6. The van der Waals surface area contributed by atoms with Crippen LogP contribution in [0.25, 0.3) is 22.0 Å². The van der Waals surface area contributed by atoms with Gasteiger partial charge in [0.25, 0.3) is 0 Å². The number of aromatic nitrogens is 2. The zero-order chi connectivity index (χ0) is 20.2. The summed E-state index contributed by atoms with van der Waals surface area (Å²) in [6, 6.07) is 22.6. The molecule has 0 spiro atoms. The van der Waals surface area contributed by atoms with E-state index < -0.39 is 0 Å². The molecule has 0 saturated heterocycles. The van der Waals surface area contributed by atoms with E-state index in [1.54, 1.807) is 6.20 Å². The summed E-state index contributed by atoms with van der Waals surface area (Å²) in [6.45, 7) is 4.11. The van der Waals surface area contributed by atoms with Crippen LogP contribution in [-0.2, 0) is 11.2 Å². The van der Waals surface area contributed by atoms with Crippen LogP contribution in [0.2, 0.25) is 0 Å². The molecule has 2 aromatic heterocycles. The smallest absolute Gasteiger partial charge is 0.137 e. The normalized spacial score (nSPS) is 12.1. The molecule has 0 aliphatic carbocycles. The highest BCUT2D eigenvalue weighted by Gasteiger charge is 2.13. The van der Waals surface area contributed by atoms with Crippen molar-refractivity contribution in [2.75, 3.05) is 0 Å². The van der Waals surface area contributed by atoms with Crippen molar-refractivity contribution in [1.82, 2.24) is 9.97 Å². The second-order valence-corrected chi connectivity index (χ2v) is 7.66. The molecule has 0 aliphatic rings. The minimum absolute atomic E-state index is 0.186. The molecule has 0 amide bonds. The van der Waals surface area contributed by atoms with Crippen molar-refractivity contribution in [2.24, 2.45) is 0 Å². The maximum absolute atomic E-state index is 12.6. The fraction of sp³-hybridized carbons (Fsp3) is 0.192. The largest absolute Gasteiger partial charge is 0.299 e. The Kier molecular flexibility index (Phi) is 5.48. The molecule has 1 unspecified atom stereocenters. The van der Waals surface area contributed by atoms with E-state index >= 15 is 0 Å². The number of aryl methyl sites for hydroxylation is 1. The number of hydrogen-bond donors (Lipinski definition) is 0. The Morgan fingerprint density at radius 1 is 0.897 bits per heavy atom. The van der Waals surface area contributed by atoms with Crippen LogP contribution >= 0.6 is 0 Å². The monoisotopic (exact) mass is 380 g/mol. The van der Waals surface area contributed by atoms with Crippen molar-refractivity contribution in [3.63, 3.8) is 0 Å². The van der Waals surface area contributed by atoms with E-state index in [0.717, 1.165) is 33.3 Å². The van der Waals surface area contributed by atoms with Gasteiger partial charge in [-0.15, -0.1) is 0 Å². The van der Waals surface area contributed by atoms with Crippen LogP contribution < -0.4 is 0 Å². The zero-order valence-corrected chi connectivity index (χ0v) is 16.8. The molecular formula is C26H24N2O. The van der Waals surface area contributed by atoms with E-state index in [2.05, 4.69) is 65.4 Å². The number of ketones is 1. The van der Waals surface area contributed by atoms with E-state index in [1.807, 2.05) is 31.3 Å². The molecule has 2 aromatic carbocycles. The first-order valence-electron chi connectivity index (χ1n) is 9.97. The quantitative estimate of drug-likeness (QED) is 0.417. The van der Waals surface area contributed by atoms with Gasteiger partial charge in [-0.1, -0.05) is 43.3 Å². The summed E-state index contributed by atoms with van der Waals surface area (Å²) in [5.41, 5.74) is 6.51. The average molecular weight is 380 g/mol. The van der Waals surface area contributed by atoms with Crippen molar-refractivity contribution in [3.05, 3.63) is 95.9 Å². The number of pyridine rings is 2. The van der Waals surface area contributed by atoms with Gasteiger partial charge in [0.15, 0.2) is 0 Å². The number of hydrogen-bond acceptors (Lipinski definition) is 3. The van der Waals surface area contributed by atoms with Gasteiger partial charge in [0.05, 0.1) is 5.52 Å². The third-order valence-electron chi connectivity index (χ3n) is 5.32. The first kappa shape index (κ1) is 19.0. The number of carbonyl (C=O) groups is 1. The third-order valence-corrected chi connectivity index (χ3v) is 5.32. The van der Waals surface area contributed by atoms with Crippen LogP contribution in [0.1, 0.15) is 36.1 Å². The summed E-state index contributed by atoms with van der Waals surface area (Å²) < 4.78 is 0. The molecule has 2 heterocycles. The predicted molar refractivity (Wildman–Crippen MR) is 118 cm³/mol. The standard InChI is InChI=1S/C26H24N2O/c1-18(22-9-10-26-24(17-22)4-3-12-28-26)14-25(29)16-20-5-7-21(8-6-20)23-11-13-27-19(2)15-23/h3-13,15,17-18H,14,16H2,1-2H3. The lowest BCUT2D eigenvalue weighted by atomic mass is 9.92. The van der Waals surface area contributed by atoms with Crippen molar-refractivity contribution < 1.29 is 4.79 Å². The number of rotatable bonds is 6. The maximum Gasteiger partial charge on any atom is 0.137 e. The second-order valence-electron chi connectivity index (χ2n) is 7.66. The van der Waals surface area contributed by atoms with Crippen LogP contribution in [0.5, 0.6) is 0 Å². The molecule has 3 nitrogen and oxygen atoms in total.